The van der Waals surface area contributed by atoms with Crippen molar-refractivity contribution in [1.82, 2.24) is 0 Å². The van der Waals surface area contributed by atoms with E-state index in [1.807, 2.05) is 0 Å². The first-order valence-electron chi connectivity index (χ1n) is 4.79. The van der Waals surface area contributed by atoms with Gasteiger partial charge in [0.1, 0.15) is 0 Å². The molecule has 0 saturated heterocycles. The molecule has 16 heavy (non-hydrogen) atoms. The normalized spacial score (nSPS) is 12.6. The molecule has 8 heteroatoms. The van der Waals surface area contributed by atoms with Gasteiger partial charge in [0.15, 0.2) is 0 Å². The van der Waals surface area contributed by atoms with Gasteiger partial charge in [0.05, 0.1) is 19.8 Å². The average molecular weight is 293 g/mol. The van der Waals surface area contributed by atoms with Crippen LogP contribution in [0.5, 0.6) is 0 Å². The molecule has 0 aliphatic rings. The summed E-state index contributed by atoms with van der Waals surface area (Å²) in [6.07, 6.45) is 0. The predicted molar refractivity (Wildman–Crippen MR) is 61.9 cm³/mol. The molecule has 0 aromatic rings. The van der Waals surface area contributed by atoms with Crippen LogP contribution in [0, 0.1) is 0 Å². The highest BCUT2D eigenvalue weighted by Crippen LogP contribution is 2.64. The lowest BCUT2D eigenvalue weighted by Crippen LogP contribution is -2.30. The van der Waals surface area contributed by atoms with E-state index in [9.17, 15) is 9.36 Å². The van der Waals surface area contributed by atoms with Crippen molar-refractivity contribution in [3.8, 4) is 0 Å². The van der Waals surface area contributed by atoms with E-state index in [4.69, 9.17) is 32.2 Å². The van der Waals surface area contributed by atoms with Crippen molar-refractivity contribution in [2.45, 2.75) is 24.8 Å². The molecular weight excluding hydrogens is 278 g/mol. The van der Waals surface area contributed by atoms with Gasteiger partial charge in [0.25, 0.3) is 0 Å². The van der Waals surface area contributed by atoms with Crippen LogP contribution in [0.15, 0.2) is 0 Å². The number of rotatable bonds is 7. The van der Waals surface area contributed by atoms with Gasteiger partial charge in [-0.15, -0.1) is 0 Å². The number of hydrogen-bond donors (Lipinski definition) is 0. The zero-order valence-electron chi connectivity index (χ0n) is 9.37. The summed E-state index contributed by atoms with van der Waals surface area (Å²) < 4.78 is 24.2. The van der Waals surface area contributed by atoms with Crippen molar-refractivity contribution in [3.05, 3.63) is 0 Å². The highest BCUT2D eigenvalue weighted by molar-refractivity contribution is 7.61. The Kier molecular flexibility index (Phi) is 6.90. The first-order valence-corrected chi connectivity index (χ1v) is 7.09. The number of halogens is 2. The van der Waals surface area contributed by atoms with Gasteiger partial charge in [-0.3, -0.25) is 4.57 Å². The molecule has 0 aliphatic heterocycles. The molecule has 0 atom stereocenters. The third-order valence-electron chi connectivity index (χ3n) is 1.46. The molecule has 0 spiro atoms. The van der Waals surface area contributed by atoms with Gasteiger partial charge in [-0.1, -0.05) is 23.2 Å². The minimum absolute atomic E-state index is 0.0534. The lowest BCUT2D eigenvalue weighted by molar-refractivity contribution is -0.142. The van der Waals surface area contributed by atoms with Crippen LogP contribution in [-0.4, -0.2) is 29.9 Å². The predicted octanol–water partition coefficient (Wildman–Crippen LogP) is 2.95. The molecule has 0 radical (unpaired) electrons. The molecule has 0 amide bonds. The number of alkyl halides is 2. The van der Waals surface area contributed by atoms with Crippen LogP contribution in [0.25, 0.3) is 0 Å². The van der Waals surface area contributed by atoms with Gasteiger partial charge in [-0.25, -0.2) is 4.79 Å². The van der Waals surface area contributed by atoms with Crippen LogP contribution in [0.1, 0.15) is 20.8 Å². The molecular formula is C8H15Cl2O5P. The summed E-state index contributed by atoms with van der Waals surface area (Å²) in [6.45, 7) is 4.92. The maximum absolute atomic E-state index is 12.1. The van der Waals surface area contributed by atoms with Gasteiger partial charge >= 0.3 is 17.6 Å². The highest BCUT2D eigenvalue weighted by Gasteiger charge is 2.56. The quantitative estimate of drug-likeness (QED) is 0.410. The molecule has 0 rings (SSSR count). The fourth-order valence-electron chi connectivity index (χ4n) is 0.869. The van der Waals surface area contributed by atoms with Crippen molar-refractivity contribution in [2.75, 3.05) is 19.8 Å². The third-order valence-corrected chi connectivity index (χ3v) is 5.08. The molecule has 0 aromatic heterocycles. The van der Waals surface area contributed by atoms with Gasteiger partial charge in [-0.2, -0.15) is 0 Å². The SMILES string of the molecule is CCOC(=O)C(Cl)(Cl)P(=O)(OCC)OCC. The van der Waals surface area contributed by atoms with E-state index in [0.29, 0.717) is 0 Å². The lowest BCUT2D eigenvalue weighted by Gasteiger charge is -2.26. The smallest absolute Gasteiger partial charge is 0.378 e. The van der Waals surface area contributed by atoms with E-state index in [0.717, 1.165) is 0 Å². The number of carbonyl (C=O) groups is 1. The first-order chi connectivity index (χ1) is 7.35. The Hall–Kier alpha value is 0.200. The second kappa shape index (κ2) is 6.82. The summed E-state index contributed by atoms with van der Waals surface area (Å²) in [5, 5.41) is 0. The topological polar surface area (TPSA) is 61.8 Å². The van der Waals surface area contributed by atoms with E-state index in [1.165, 1.54) is 0 Å². The molecule has 0 bridgehead atoms. The van der Waals surface area contributed by atoms with Crippen LogP contribution >= 0.6 is 30.8 Å². The Balaban J connectivity index is 5.02. The lowest BCUT2D eigenvalue weighted by atomic mass is 10.7. The highest BCUT2D eigenvalue weighted by atomic mass is 35.5. The summed E-state index contributed by atoms with van der Waals surface area (Å²) in [5.41, 5.74) is 0. The Labute approximate surface area is 105 Å². The molecule has 96 valence electrons. The summed E-state index contributed by atoms with van der Waals surface area (Å²) in [4.78, 5) is 11.4. The fraction of sp³-hybridized carbons (Fsp3) is 0.875. The Bertz CT molecular complexity index is 272. The Morgan fingerprint density at radius 2 is 1.56 bits per heavy atom. The standard InChI is InChI=1S/C8H15Cl2O5P/c1-4-13-7(11)8(9,10)16(12,14-5-2)15-6-3/h4-6H2,1-3H3. The maximum atomic E-state index is 12.1. The monoisotopic (exact) mass is 292 g/mol. The van der Waals surface area contributed by atoms with E-state index in [2.05, 4.69) is 4.74 Å². The second-order valence-corrected chi connectivity index (χ2v) is 6.63. The molecule has 0 unspecified atom stereocenters. The molecule has 0 aromatic carbocycles. The van der Waals surface area contributed by atoms with Crippen molar-refractivity contribution < 1.29 is 23.1 Å². The van der Waals surface area contributed by atoms with E-state index in [-0.39, 0.29) is 19.8 Å². The zero-order valence-corrected chi connectivity index (χ0v) is 11.8. The van der Waals surface area contributed by atoms with Gasteiger partial charge in [0, 0.05) is 0 Å². The Morgan fingerprint density at radius 3 is 1.88 bits per heavy atom. The molecule has 0 heterocycles. The first kappa shape index (κ1) is 16.2. The maximum Gasteiger partial charge on any atom is 0.378 e. The van der Waals surface area contributed by atoms with E-state index in [1.54, 1.807) is 20.8 Å². The van der Waals surface area contributed by atoms with Gasteiger partial charge in [-0.05, 0) is 20.8 Å². The molecule has 0 N–H and O–H groups in total. The molecule has 0 saturated carbocycles. The van der Waals surface area contributed by atoms with Crippen molar-refractivity contribution >= 4 is 36.8 Å². The van der Waals surface area contributed by atoms with Crippen molar-refractivity contribution in [1.29, 1.82) is 0 Å². The summed E-state index contributed by atoms with van der Waals surface area (Å²) >= 11 is 11.4. The average Bonchev–Trinajstić information content (AvgIpc) is 2.18. The summed E-state index contributed by atoms with van der Waals surface area (Å²) in [5.74, 6) is -1.04. The molecule has 5 nitrogen and oxygen atoms in total. The van der Waals surface area contributed by atoms with Gasteiger partial charge in [0.2, 0.25) is 0 Å². The number of carbonyl (C=O) groups excluding carboxylic acids is 1. The van der Waals surface area contributed by atoms with Crippen LogP contribution in [0.2, 0.25) is 0 Å². The summed E-state index contributed by atoms with van der Waals surface area (Å²) in [7, 11) is -3.95. The van der Waals surface area contributed by atoms with Crippen molar-refractivity contribution in [2.24, 2.45) is 0 Å². The minimum atomic E-state index is -3.95. The number of ether oxygens (including phenoxy) is 1. The van der Waals surface area contributed by atoms with Crippen molar-refractivity contribution in [3.63, 3.8) is 0 Å². The van der Waals surface area contributed by atoms with Crippen LogP contribution in [0.4, 0.5) is 0 Å². The number of hydrogen-bond acceptors (Lipinski definition) is 5. The fourth-order valence-corrected chi connectivity index (χ4v) is 2.93. The van der Waals surface area contributed by atoms with E-state index >= 15 is 0 Å². The van der Waals surface area contributed by atoms with Crippen LogP contribution in [-0.2, 0) is 23.1 Å². The summed E-state index contributed by atoms with van der Waals surface area (Å²) in [6, 6.07) is 0. The number of esters is 1. The Morgan fingerprint density at radius 1 is 1.12 bits per heavy atom. The van der Waals surface area contributed by atoms with Crippen LogP contribution < -0.4 is 0 Å². The molecule has 0 fully saturated rings. The van der Waals surface area contributed by atoms with E-state index < -0.39 is 17.6 Å². The largest absolute Gasteiger partial charge is 0.463 e. The van der Waals surface area contributed by atoms with Crippen LogP contribution in [0.3, 0.4) is 0 Å². The minimum Gasteiger partial charge on any atom is -0.463 e. The van der Waals surface area contributed by atoms with Gasteiger partial charge < -0.3 is 13.8 Å². The third kappa shape index (κ3) is 3.60. The second-order valence-electron chi connectivity index (χ2n) is 2.59. The molecule has 0 aliphatic carbocycles. The zero-order chi connectivity index (χ0) is 12.8.